The zero-order valence-corrected chi connectivity index (χ0v) is 11.8. The van der Waals surface area contributed by atoms with Crippen molar-refractivity contribution < 1.29 is 0 Å². The summed E-state index contributed by atoms with van der Waals surface area (Å²) in [7, 11) is 0. The van der Waals surface area contributed by atoms with Crippen LogP contribution in [0, 0.1) is 13.8 Å². The first-order valence-corrected chi connectivity index (χ1v) is 6.76. The van der Waals surface area contributed by atoms with Crippen LogP contribution in [0.2, 0.25) is 0 Å². The molecule has 1 aliphatic rings. The van der Waals surface area contributed by atoms with Gasteiger partial charge in [0.05, 0.1) is 11.4 Å². The molecule has 100 valence electrons. The molecule has 1 aromatic rings. The number of nitrogens with one attached hydrogen (secondary N) is 1. The third-order valence-corrected chi connectivity index (χ3v) is 3.54. The summed E-state index contributed by atoms with van der Waals surface area (Å²) in [6.45, 7) is 10.4. The van der Waals surface area contributed by atoms with Crippen molar-refractivity contribution in [2.75, 3.05) is 18.0 Å². The van der Waals surface area contributed by atoms with Crippen molar-refractivity contribution in [2.45, 2.75) is 52.6 Å². The molecule has 2 heterocycles. The Kier molecular flexibility index (Phi) is 4.11. The predicted octanol–water partition coefficient (Wildman–Crippen LogP) is 1.46. The van der Waals surface area contributed by atoms with E-state index in [1.807, 2.05) is 13.8 Å². The SMILES string of the molecule is Cc1nnc(N(CC2CCCN2)C(C)C)nc1C. The average Bonchev–Trinajstić information content (AvgIpc) is 2.82. The maximum Gasteiger partial charge on any atom is 0.245 e. The summed E-state index contributed by atoms with van der Waals surface area (Å²) in [5, 5.41) is 11.9. The van der Waals surface area contributed by atoms with Crippen LogP contribution in [-0.4, -0.2) is 40.4 Å². The summed E-state index contributed by atoms with van der Waals surface area (Å²) in [5.74, 6) is 0.752. The molecule has 1 N–H and O–H groups in total. The number of aryl methyl sites for hydroxylation is 2. The lowest BCUT2D eigenvalue weighted by Crippen LogP contribution is -2.42. The van der Waals surface area contributed by atoms with E-state index in [-0.39, 0.29) is 0 Å². The van der Waals surface area contributed by atoms with E-state index >= 15 is 0 Å². The molecular formula is C13H23N5. The van der Waals surface area contributed by atoms with Gasteiger partial charge in [-0.05, 0) is 47.1 Å². The summed E-state index contributed by atoms with van der Waals surface area (Å²) in [4.78, 5) is 6.80. The summed E-state index contributed by atoms with van der Waals surface area (Å²) in [5.41, 5.74) is 1.87. The zero-order valence-electron chi connectivity index (χ0n) is 11.8. The van der Waals surface area contributed by atoms with Crippen LogP contribution in [0.25, 0.3) is 0 Å². The first kappa shape index (κ1) is 13.2. The minimum atomic E-state index is 0.385. The Hall–Kier alpha value is -1.23. The van der Waals surface area contributed by atoms with Gasteiger partial charge in [-0.2, -0.15) is 5.10 Å². The highest BCUT2D eigenvalue weighted by atomic mass is 15.3. The second kappa shape index (κ2) is 5.61. The van der Waals surface area contributed by atoms with Crippen LogP contribution < -0.4 is 10.2 Å². The van der Waals surface area contributed by atoms with E-state index in [0.29, 0.717) is 12.1 Å². The van der Waals surface area contributed by atoms with E-state index in [2.05, 4.69) is 39.2 Å². The monoisotopic (exact) mass is 249 g/mol. The van der Waals surface area contributed by atoms with Gasteiger partial charge in [-0.1, -0.05) is 0 Å². The first-order chi connectivity index (χ1) is 8.58. The molecule has 1 fully saturated rings. The fraction of sp³-hybridized carbons (Fsp3) is 0.769. The van der Waals surface area contributed by atoms with Crippen LogP contribution in [-0.2, 0) is 0 Å². The molecule has 18 heavy (non-hydrogen) atoms. The third-order valence-electron chi connectivity index (χ3n) is 3.54. The molecule has 1 atom stereocenters. The molecule has 0 aromatic carbocycles. The molecule has 1 aliphatic heterocycles. The minimum Gasteiger partial charge on any atom is -0.336 e. The van der Waals surface area contributed by atoms with E-state index < -0.39 is 0 Å². The topological polar surface area (TPSA) is 53.9 Å². The molecule has 5 nitrogen and oxygen atoms in total. The number of nitrogens with zero attached hydrogens (tertiary/aromatic N) is 4. The number of aromatic nitrogens is 3. The fourth-order valence-electron chi connectivity index (χ4n) is 2.24. The Morgan fingerprint density at radius 1 is 1.28 bits per heavy atom. The van der Waals surface area contributed by atoms with Crippen molar-refractivity contribution >= 4 is 5.95 Å². The van der Waals surface area contributed by atoms with Crippen molar-refractivity contribution in [3.05, 3.63) is 11.4 Å². The lowest BCUT2D eigenvalue weighted by molar-refractivity contribution is 0.541. The van der Waals surface area contributed by atoms with Gasteiger partial charge in [0, 0.05) is 18.6 Å². The van der Waals surface area contributed by atoms with Crippen LogP contribution >= 0.6 is 0 Å². The quantitative estimate of drug-likeness (QED) is 0.875. The average molecular weight is 249 g/mol. The van der Waals surface area contributed by atoms with Gasteiger partial charge in [0.2, 0.25) is 5.95 Å². The molecule has 0 aliphatic carbocycles. The van der Waals surface area contributed by atoms with Crippen LogP contribution in [0.3, 0.4) is 0 Å². The number of hydrogen-bond acceptors (Lipinski definition) is 5. The van der Waals surface area contributed by atoms with Crippen molar-refractivity contribution in [1.82, 2.24) is 20.5 Å². The van der Waals surface area contributed by atoms with E-state index in [1.54, 1.807) is 0 Å². The number of rotatable bonds is 4. The summed E-state index contributed by atoms with van der Waals surface area (Å²) in [6, 6.07) is 0.939. The van der Waals surface area contributed by atoms with Crippen molar-refractivity contribution in [1.29, 1.82) is 0 Å². The third kappa shape index (κ3) is 2.96. The van der Waals surface area contributed by atoms with Crippen LogP contribution in [0.4, 0.5) is 5.95 Å². The Labute approximate surface area is 109 Å². The van der Waals surface area contributed by atoms with Gasteiger partial charge in [0.15, 0.2) is 0 Å². The number of anilines is 1. The van der Waals surface area contributed by atoms with Gasteiger partial charge in [-0.3, -0.25) is 0 Å². The Bertz CT molecular complexity index is 398. The van der Waals surface area contributed by atoms with Gasteiger partial charge in [0.25, 0.3) is 0 Å². The van der Waals surface area contributed by atoms with Crippen molar-refractivity contribution in [3.8, 4) is 0 Å². The van der Waals surface area contributed by atoms with Gasteiger partial charge < -0.3 is 10.2 Å². The predicted molar refractivity (Wildman–Crippen MR) is 72.8 cm³/mol. The van der Waals surface area contributed by atoms with Crippen LogP contribution in [0.5, 0.6) is 0 Å². The Balaban J connectivity index is 2.15. The molecule has 1 aromatic heterocycles. The highest BCUT2D eigenvalue weighted by Crippen LogP contribution is 2.15. The van der Waals surface area contributed by atoms with Crippen LogP contribution in [0.15, 0.2) is 0 Å². The molecule has 0 radical (unpaired) electrons. The second-order valence-electron chi connectivity index (χ2n) is 5.32. The smallest absolute Gasteiger partial charge is 0.245 e. The van der Waals surface area contributed by atoms with Gasteiger partial charge in [-0.25, -0.2) is 4.98 Å². The summed E-state index contributed by atoms with van der Waals surface area (Å²) < 4.78 is 0. The Morgan fingerprint density at radius 3 is 2.61 bits per heavy atom. The molecule has 1 unspecified atom stereocenters. The maximum absolute atomic E-state index is 4.56. The molecule has 0 spiro atoms. The fourth-order valence-corrected chi connectivity index (χ4v) is 2.24. The maximum atomic E-state index is 4.56. The molecular weight excluding hydrogens is 226 g/mol. The normalized spacial score (nSPS) is 19.5. The molecule has 2 rings (SSSR count). The summed E-state index contributed by atoms with van der Waals surface area (Å²) in [6.07, 6.45) is 2.50. The highest BCUT2D eigenvalue weighted by molar-refractivity contribution is 5.31. The lowest BCUT2D eigenvalue weighted by atomic mass is 10.2. The molecule has 1 saturated heterocycles. The van der Waals surface area contributed by atoms with Crippen molar-refractivity contribution in [3.63, 3.8) is 0 Å². The van der Waals surface area contributed by atoms with E-state index in [0.717, 1.165) is 30.4 Å². The molecule has 0 amide bonds. The van der Waals surface area contributed by atoms with Crippen molar-refractivity contribution in [2.24, 2.45) is 0 Å². The first-order valence-electron chi connectivity index (χ1n) is 6.76. The van der Waals surface area contributed by atoms with Gasteiger partial charge in [-0.15, -0.1) is 5.10 Å². The molecule has 0 saturated carbocycles. The van der Waals surface area contributed by atoms with Gasteiger partial charge >= 0.3 is 0 Å². The zero-order chi connectivity index (χ0) is 13.1. The minimum absolute atomic E-state index is 0.385. The summed E-state index contributed by atoms with van der Waals surface area (Å²) >= 11 is 0. The highest BCUT2D eigenvalue weighted by Gasteiger charge is 2.22. The molecule has 0 bridgehead atoms. The van der Waals surface area contributed by atoms with E-state index in [1.165, 1.54) is 12.8 Å². The van der Waals surface area contributed by atoms with Gasteiger partial charge in [0.1, 0.15) is 0 Å². The lowest BCUT2D eigenvalue weighted by Gasteiger charge is -2.29. The standard InChI is InChI=1S/C13H23N5/c1-9(2)18(8-12-6-5-7-14-12)13-15-10(3)11(4)16-17-13/h9,12,14H,5-8H2,1-4H3. The largest absolute Gasteiger partial charge is 0.336 e. The Morgan fingerprint density at radius 2 is 2.06 bits per heavy atom. The van der Waals surface area contributed by atoms with Crippen LogP contribution in [0.1, 0.15) is 38.1 Å². The number of hydrogen-bond donors (Lipinski definition) is 1. The van der Waals surface area contributed by atoms with E-state index in [4.69, 9.17) is 0 Å². The second-order valence-corrected chi connectivity index (χ2v) is 5.32. The molecule has 5 heteroatoms. The van der Waals surface area contributed by atoms with E-state index in [9.17, 15) is 0 Å².